The summed E-state index contributed by atoms with van der Waals surface area (Å²) in [6.45, 7) is 8.98. The molecule has 4 N–H and O–H groups in total. The standard InChI is InChI=1S/C32H47NO7/c1-5-33-17-19(6-9-25(33)34)22-12-15-32(38)24-8-7-20-16-21(40-29-28(37)27(36)26(35)18(2)39-29)10-13-30(20,3)23(24)11-14-31(22,32)4/h6,9,16-18,21-24,26-29,35-38H,5,7-8,10-15H2,1-4H3/t18-,21-,22+,23-,24+,26-,27+,28+,29-,30-,31+,32-/m0/s1. The minimum Gasteiger partial charge on any atom is -0.389 e. The summed E-state index contributed by atoms with van der Waals surface area (Å²) in [5.74, 6) is 0.862. The minimum absolute atomic E-state index is 0.0115. The van der Waals surface area contributed by atoms with Crippen molar-refractivity contribution in [3.8, 4) is 0 Å². The Kier molecular flexibility index (Phi) is 7.16. The number of fused-ring (bicyclic) bond motifs is 5. The summed E-state index contributed by atoms with van der Waals surface area (Å²) >= 11 is 0. The molecule has 0 bridgehead atoms. The Bertz CT molecular complexity index is 1210. The lowest BCUT2D eigenvalue weighted by atomic mass is 9.45. The van der Waals surface area contributed by atoms with Crippen LogP contribution in [0.3, 0.4) is 0 Å². The second-order valence-electron chi connectivity index (χ2n) is 13.8. The quantitative estimate of drug-likeness (QED) is 0.420. The summed E-state index contributed by atoms with van der Waals surface area (Å²) in [7, 11) is 0. The molecule has 0 amide bonds. The van der Waals surface area contributed by atoms with Crippen molar-refractivity contribution >= 4 is 0 Å². The van der Waals surface area contributed by atoms with Crippen LogP contribution in [0.15, 0.2) is 34.8 Å². The third kappa shape index (κ3) is 4.12. The largest absolute Gasteiger partial charge is 0.389 e. The Labute approximate surface area is 237 Å². The van der Waals surface area contributed by atoms with E-state index in [0.717, 1.165) is 51.4 Å². The smallest absolute Gasteiger partial charge is 0.250 e. The molecule has 6 rings (SSSR count). The molecule has 0 radical (unpaired) electrons. The topological polar surface area (TPSA) is 121 Å². The first-order valence-electron chi connectivity index (χ1n) is 15.4. The molecule has 40 heavy (non-hydrogen) atoms. The molecule has 1 aromatic heterocycles. The van der Waals surface area contributed by atoms with E-state index < -0.39 is 36.3 Å². The maximum Gasteiger partial charge on any atom is 0.250 e. The second-order valence-corrected chi connectivity index (χ2v) is 13.8. The van der Waals surface area contributed by atoms with Crippen LogP contribution < -0.4 is 5.56 Å². The molecular formula is C32H47NO7. The average Bonchev–Trinajstić information content (AvgIpc) is 3.22. The highest BCUT2D eigenvalue weighted by Gasteiger charge is 2.66. The van der Waals surface area contributed by atoms with Crippen LogP contribution in [0, 0.1) is 22.7 Å². The van der Waals surface area contributed by atoms with Crippen LogP contribution in [0.25, 0.3) is 0 Å². The number of aliphatic hydroxyl groups excluding tert-OH is 3. The van der Waals surface area contributed by atoms with Crippen molar-refractivity contribution in [3.05, 3.63) is 45.9 Å². The lowest BCUT2D eigenvalue weighted by Gasteiger charge is -2.62. The van der Waals surface area contributed by atoms with Crippen molar-refractivity contribution in [2.45, 2.75) is 134 Å². The molecule has 12 atom stereocenters. The fraction of sp³-hybridized carbons (Fsp3) is 0.781. The van der Waals surface area contributed by atoms with Crippen LogP contribution in [-0.4, -0.2) is 67.4 Å². The molecule has 8 heteroatoms. The van der Waals surface area contributed by atoms with Crippen molar-refractivity contribution in [3.63, 3.8) is 0 Å². The van der Waals surface area contributed by atoms with Gasteiger partial charge in [0.15, 0.2) is 6.29 Å². The van der Waals surface area contributed by atoms with Gasteiger partial charge < -0.3 is 34.5 Å². The zero-order chi connectivity index (χ0) is 28.6. The molecule has 2 heterocycles. The van der Waals surface area contributed by atoms with Crippen molar-refractivity contribution in [2.24, 2.45) is 22.7 Å². The summed E-state index contributed by atoms with van der Waals surface area (Å²) < 4.78 is 13.7. The van der Waals surface area contributed by atoms with Crippen molar-refractivity contribution in [2.75, 3.05) is 0 Å². The van der Waals surface area contributed by atoms with Crippen LogP contribution in [0.1, 0.15) is 90.5 Å². The van der Waals surface area contributed by atoms with E-state index in [9.17, 15) is 25.2 Å². The monoisotopic (exact) mass is 557 g/mol. The Morgan fingerprint density at radius 3 is 2.52 bits per heavy atom. The van der Waals surface area contributed by atoms with Gasteiger partial charge in [-0.05, 0) is 93.9 Å². The molecule has 0 spiro atoms. The number of aryl methyl sites for hydroxylation is 1. The highest BCUT2D eigenvalue weighted by Crippen LogP contribution is 2.70. The summed E-state index contributed by atoms with van der Waals surface area (Å²) in [5.41, 5.74) is 1.61. The van der Waals surface area contributed by atoms with Crippen molar-refractivity contribution < 1.29 is 29.9 Å². The van der Waals surface area contributed by atoms with Gasteiger partial charge in [0.2, 0.25) is 0 Å². The van der Waals surface area contributed by atoms with Gasteiger partial charge in [0.05, 0.1) is 17.8 Å². The lowest BCUT2D eigenvalue weighted by molar-refractivity contribution is -0.301. The predicted molar refractivity (Wildman–Crippen MR) is 150 cm³/mol. The van der Waals surface area contributed by atoms with Gasteiger partial charge >= 0.3 is 0 Å². The first kappa shape index (κ1) is 28.6. The molecule has 4 fully saturated rings. The van der Waals surface area contributed by atoms with Crippen LogP contribution in [0.2, 0.25) is 0 Å². The van der Waals surface area contributed by atoms with Gasteiger partial charge in [0, 0.05) is 24.2 Å². The maximum absolute atomic E-state index is 12.6. The SMILES string of the molecule is CCn1cc([C@H]2CC[C@]3(O)[C@@H]4CCC5=C[C@@H](O[C@@H]6O[C@@H](C)[C@H](O)[C@@H](O)[C@H]6O)CC[C@]5(C)[C@H]4CC[C@]23C)ccc1=O. The Balaban J connectivity index is 1.22. The van der Waals surface area contributed by atoms with E-state index in [4.69, 9.17) is 9.47 Å². The molecule has 4 aliphatic carbocycles. The zero-order valence-corrected chi connectivity index (χ0v) is 24.3. The molecule has 1 aliphatic heterocycles. The van der Waals surface area contributed by atoms with E-state index in [1.54, 1.807) is 17.6 Å². The van der Waals surface area contributed by atoms with Crippen LogP contribution >= 0.6 is 0 Å². The average molecular weight is 558 g/mol. The number of aromatic nitrogens is 1. The van der Waals surface area contributed by atoms with Crippen LogP contribution in [0.5, 0.6) is 0 Å². The van der Waals surface area contributed by atoms with Crippen LogP contribution in [0.4, 0.5) is 0 Å². The molecule has 222 valence electrons. The highest BCUT2D eigenvalue weighted by atomic mass is 16.7. The molecule has 1 saturated heterocycles. The van der Waals surface area contributed by atoms with Gasteiger partial charge in [-0.3, -0.25) is 4.79 Å². The van der Waals surface area contributed by atoms with E-state index in [-0.39, 0.29) is 34.3 Å². The zero-order valence-electron chi connectivity index (χ0n) is 24.3. The molecule has 3 saturated carbocycles. The van der Waals surface area contributed by atoms with Crippen molar-refractivity contribution in [1.29, 1.82) is 0 Å². The van der Waals surface area contributed by atoms with E-state index in [1.807, 2.05) is 19.2 Å². The Hall–Kier alpha value is -1.55. The molecule has 8 nitrogen and oxygen atoms in total. The first-order chi connectivity index (χ1) is 18.9. The number of aliphatic hydroxyl groups is 4. The van der Waals surface area contributed by atoms with E-state index in [2.05, 4.69) is 19.9 Å². The number of rotatable bonds is 4. The summed E-state index contributed by atoms with van der Waals surface area (Å²) in [6, 6.07) is 3.67. The first-order valence-corrected chi connectivity index (χ1v) is 15.4. The third-order valence-corrected chi connectivity index (χ3v) is 12.1. The second kappa shape index (κ2) is 10.0. The lowest BCUT2D eigenvalue weighted by Crippen LogP contribution is -2.60. The van der Waals surface area contributed by atoms with E-state index in [1.165, 1.54) is 11.1 Å². The van der Waals surface area contributed by atoms with Gasteiger partial charge in [-0.25, -0.2) is 0 Å². The van der Waals surface area contributed by atoms with Gasteiger partial charge in [-0.1, -0.05) is 31.6 Å². The predicted octanol–water partition coefficient (Wildman–Crippen LogP) is 3.24. The van der Waals surface area contributed by atoms with Gasteiger partial charge in [0.25, 0.3) is 5.56 Å². The summed E-state index contributed by atoms with van der Waals surface area (Å²) in [5, 5.41) is 43.2. The van der Waals surface area contributed by atoms with Crippen molar-refractivity contribution in [1.82, 2.24) is 4.57 Å². The number of hydrogen-bond acceptors (Lipinski definition) is 7. The van der Waals surface area contributed by atoms with Gasteiger partial charge in [-0.15, -0.1) is 0 Å². The van der Waals surface area contributed by atoms with Gasteiger partial charge in [0.1, 0.15) is 18.3 Å². The van der Waals surface area contributed by atoms with Gasteiger partial charge in [-0.2, -0.15) is 0 Å². The molecule has 0 aromatic carbocycles. The number of allylic oxidation sites excluding steroid dienone is 1. The fourth-order valence-corrected chi connectivity index (χ4v) is 9.61. The molecule has 1 aromatic rings. The maximum atomic E-state index is 12.6. The number of nitrogens with zero attached hydrogens (tertiary/aromatic N) is 1. The molecular weight excluding hydrogens is 510 g/mol. The number of ether oxygens (including phenoxy) is 2. The number of pyridine rings is 1. The number of hydrogen-bond donors (Lipinski definition) is 4. The fourth-order valence-electron chi connectivity index (χ4n) is 9.61. The Morgan fingerprint density at radius 2 is 1.77 bits per heavy atom. The minimum atomic E-state index is -1.30. The summed E-state index contributed by atoms with van der Waals surface area (Å²) in [4.78, 5) is 12.3. The van der Waals surface area contributed by atoms with E-state index in [0.29, 0.717) is 12.5 Å². The molecule has 5 aliphatic rings. The normalized spacial score (nSPS) is 48.6. The summed E-state index contributed by atoms with van der Waals surface area (Å²) in [6.07, 6.45) is 5.98. The van der Waals surface area contributed by atoms with E-state index >= 15 is 0 Å². The highest BCUT2D eigenvalue weighted by molar-refractivity contribution is 5.31. The van der Waals surface area contributed by atoms with Crippen LogP contribution in [-0.2, 0) is 16.0 Å². The third-order valence-electron chi connectivity index (χ3n) is 12.1. The Morgan fingerprint density at radius 1 is 1.00 bits per heavy atom. The molecule has 0 unspecified atom stereocenters.